The molecule has 0 fully saturated rings. The quantitative estimate of drug-likeness (QED) is 0.734. The first-order valence-corrected chi connectivity index (χ1v) is 9.19. The first kappa shape index (κ1) is 18.3. The van der Waals surface area contributed by atoms with Crippen molar-refractivity contribution in [3.8, 4) is 0 Å². The van der Waals surface area contributed by atoms with Crippen molar-refractivity contribution in [3.63, 3.8) is 0 Å². The van der Waals surface area contributed by atoms with Gasteiger partial charge in [0.1, 0.15) is 12.1 Å². The van der Waals surface area contributed by atoms with Gasteiger partial charge >= 0.3 is 11.9 Å². The van der Waals surface area contributed by atoms with E-state index in [1.54, 1.807) is 13.8 Å². The van der Waals surface area contributed by atoms with Crippen LogP contribution >= 0.6 is 0 Å². The molecule has 0 aliphatic carbocycles. The second-order valence-electron chi connectivity index (χ2n) is 6.35. The van der Waals surface area contributed by atoms with Crippen LogP contribution in [0.15, 0.2) is 34.3 Å². The Balaban J connectivity index is 1.75. The third-order valence-corrected chi connectivity index (χ3v) is 4.58. The molecule has 0 unspecified atom stereocenters. The minimum atomic E-state index is -0.398. The fourth-order valence-electron chi connectivity index (χ4n) is 3.32. The Morgan fingerprint density at radius 2 is 1.38 bits per heavy atom. The molecule has 1 aromatic rings. The Labute approximate surface area is 153 Å². The van der Waals surface area contributed by atoms with Crippen molar-refractivity contribution in [2.24, 2.45) is 9.98 Å². The third kappa shape index (κ3) is 4.00. The van der Waals surface area contributed by atoms with E-state index in [1.165, 1.54) is 0 Å². The lowest BCUT2D eigenvalue weighted by atomic mass is 10.0. The van der Waals surface area contributed by atoms with Crippen LogP contribution in [0.2, 0.25) is 0 Å². The number of carbonyl (C=O) groups excluding carboxylic acids is 2. The van der Waals surface area contributed by atoms with E-state index in [9.17, 15) is 9.59 Å². The number of hydrogen-bond donors (Lipinski definition) is 0. The van der Waals surface area contributed by atoms with Crippen LogP contribution < -0.4 is 0 Å². The first-order chi connectivity index (χ1) is 12.6. The number of carbonyl (C=O) groups is 2. The molecular formula is C20H24N2O4. The van der Waals surface area contributed by atoms with Gasteiger partial charge < -0.3 is 9.47 Å². The summed E-state index contributed by atoms with van der Waals surface area (Å²) < 4.78 is 10.1. The molecule has 26 heavy (non-hydrogen) atoms. The number of nitrogens with zero attached hydrogens (tertiary/aromatic N) is 2. The monoisotopic (exact) mass is 356 g/mol. The molecule has 0 aromatic heterocycles. The number of aliphatic imine (C=N–C) groups is 2. The van der Waals surface area contributed by atoms with Crippen LogP contribution in [0.25, 0.3) is 0 Å². The van der Waals surface area contributed by atoms with Gasteiger partial charge in [0.15, 0.2) is 0 Å². The predicted molar refractivity (Wildman–Crippen MR) is 98.8 cm³/mol. The van der Waals surface area contributed by atoms with Crippen LogP contribution in [0.1, 0.15) is 50.7 Å². The summed E-state index contributed by atoms with van der Waals surface area (Å²) >= 11 is 0. The molecule has 0 amide bonds. The zero-order chi connectivity index (χ0) is 18.5. The molecule has 0 saturated carbocycles. The summed E-state index contributed by atoms with van der Waals surface area (Å²) in [6, 6.07) is 7.20. The lowest BCUT2D eigenvalue weighted by molar-refractivity contribution is -0.145. The van der Waals surface area contributed by atoms with Crippen LogP contribution in [-0.2, 0) is 19.1 Å². The summed E-state index contributed by atoms with van der Waals surface area (Å²) in [4.78, 5) is 32.8. The highest BCUT2D eigenvalue weighted by atomic mass is 16.5. The average molecular weight is 356 g/mol. The van der Waals surface area contributed by atoms with E-state index in [-0.39, 0.29) is 11.9 Å². The maximum atomic E-state index is 11.9. The van der Waals surface area contributed by atoms with E-state index < -0.39 is 12.1 Å². The van der Waals surface area contributed by atoms with E-state index in [0.29, 0.717) is 26.1 Å². The molecule has 2 aliphatic heterocycles. The molecular weight excluding hydrogens is 332 g/mol. The van der Waals surface area contributed by atoms with Gasteiger partial charge in [-0.3, -0.25) is 9.98 Å². The lowest BCUT2D eigenvalue weighted by Crippen LogP contribution is -2.18. The largest absolute Gasteiger partial charge is 0.464 e. The molecule has 0 saturated heterocycles. The first-order valence-electron chi connectivity index (χ1n) is 9.19. The van der Waals surface area contributed by atoms with Crippen molar-refractivity contribution in [1.82, 2.24) is 0 Å². The maximum Gasteiger partial charge on any atom is 0.330 e. The predicted octanol–water partition coefficient (Wildman–Crippen LogP) is 2.72. The number of benzene rings is 1. The Hall–Kier alpha value is -2.50. The van der Waals surface area contributed by atoms with E-state index in [1.807, 2.05) is 24.3 Å². The number of rotatable bonds is 6. The molecule has 2 heterocycles. The Kier molecular flexibility index (Phi) is 5.81. The average Bonchev–Trinajstić information content (AvgIpc) is 3.32. The minimum Gasteiger partial charge on any atom is -0.464 e. The van der Waals surface area contributed by atoms with Crippen molar-refractivity contribution < 1.29 is 19.1 Å². The van der Waals surface area contributed by atoms with Gasteiger partial charge in [-0.1, -0.05) is 18.2 Å². The molecule has 0 N–H and O–H groups in total. The van der Waals surface area contributed by atoms with E-state index in [0.717, 1.165) is 35.4 Å². The molecule has 138 valence electrons. The summed E-state index contributed by atoms with van der Waals surface area (Å²) in [6.45, 7) is 4.34. The second-order valence-corrected chi connectivity index (χ2v) is 6.35. The second kappa shape index (κ2) is 8.25. The number of hydrogen-bond acceptors (Lipinski definition) is 6. The van der Waals surface area contributed by atoms with E-state index >= 15 is 0 Å². The van der Waals surface area contributed by atoms with E-state index in [2.05, 4.69) is 9.98 Å². The Morgan fingerprint density at radius 1 is 0.923 bits per heavy atom. The summed E-state index contributed by atoms with van der Waals surface area (Å²) in [5.41, 5.74) is 3.84. The zero-order valence-corrected chi connectivity index (χ0v) is 15.2. The highest BCUT2D eigenvalue weighted by Gasteiger charge is 2.28. The maximum absolute atomic E-state index is 11.9. The van der Waals surface area contributed by atoms with Crippen LogP contribution in [-0.4, -0.2) is 48.7 Å². The third-order valence-electron chi connectivity index (χ3n) is 4.58. The number of ether oxygens (including phenoxy) is 2. The smallest absolute Gasteiger partial charge is 0.330 e. The molecule has 0 bridgehead atoms. The Bertz CT molecular complexity index is 695. The normalized spacial score (nSPS) is 21.9. The summed E-state index contributed by atoms with van der Waals surface area (Å²) in [7, 11) is 0. The Morgan fingerprint density at radius 3 is 1.81 bits per heavy atom. The van der Waals surface area contributed by atoms with Crippen molar-refractivity contribution in [3.05, 3.63) is 35.4 Å². The molecule has 1 aromatic carbocycles. The SMILES string of the molecule is CCOC(=O)[C@@H]1CCC(c2cccc(C3=N[C@H](C(=O)OCC)CC3)c2)=N1. The fraction of sp³-hybridized carbons (Fsp3) is 0.500. The van der Waals surface area contributed by atoms with Crippen LogP contribution in [0.3, 0.4) is 0 Å². The highest BCUT2D eigenvalue weighted by Crippen LogP contribution is 2.24. The van der Waals surface area contributed by atoms with Crippen LogP contribution in [0.4, 0.5) is 0 Å². The van der Waals surface area contributed by atoms with Crippen LogP contribution in [0, 0.1) is 0 Å². The zero-order valence-electron chi connectivity index (χ0n) is 15.2. The lowest BCUT2D eigenvalue weighted by Gasteiger charge is -2.06. The van der Waals surface area contributed by atoms with Crippen molar-refractivity contribution in [2.45, 2.75) is 51.6 Å². The van der Waals surface area contributed by atoms with Crippen molar-refractivity contribution in [2.75, 3.05) is 13.2 Å². The molecule has 6 nitrogen and oxygen atoms in total. The number of esters is 2. The summed E-state index contributed by atoms with van der Waals surface area (Å²) in [6.07, 6.45) is 2.88. The minimum absolute atomic E-state index is 0.254. The van der Waals surface area contributed by atoms with Gasteiger partial charge in [-0.15, -0.1) is 0 Å². The van der Waals surface area contributed by atoms with Crippen molar-refractivity contribution in [1.29, 1.82) is 0 Å². The van der Waals surface area contributed by atoms with E-state index in [4.69, 9.17) is 9.47 Å². The van der Waals surface area contributed by atoms with Crippen LogP contribution in [0.5, 0.6) is 0 Å². The molecule has 6 heteroatoms. The van der Waals surface area contributed by atoms with Gasteiger partial charge in [0.2, 0.25) is 0 Å². The van der Waals surface area contributed by atoms with Gasteiger partial charge in [0.25, 0.3) is 0 Å². The molecule has 0 radical (unpaired) electrons. The van der Waals surface area contributed by atoms with Gasteiger partial charge in [-0.05, 0) is 56.7 Å². The standard InChI is InChI=1S/C20H24N2O4/c1-3-25-19(23)17-10-8-15(21-17)13-6-5-7-14(12-13)16-9-11-18(22-16)20(24)26-4-2/h5-7,12,17-18H,3-4,8-11H2,1-2H3/t17-,18-/m0/s1. The molecule has 2 aliphatic rings. The molecule has 2 atom stereocenters. The summed E-state index contributed by atoms with van der Waals surface area (Å²) in [5.74, 6) is -0.507. The van der Waals surface area contributed by atoms with Gasteiger partial charge in [0.05, 0.1) is 13.2 Å². The van der Waals surface area contributed by atoms with Crippen molar-refractivity contribution >= 4 is 23.4 Å². The topological polar surface area (TPSA) is 77.3 Å². The molecule has 3 rings (SSSR count). The highest BCUT2D eigenvalue weighted by molar-refractivity contribution is 6.08. The summed E-state index contributed by atoms with van der Waals surface area (Å²) in [5, 5.41) is 0. The van der Waals surface area contributed by atoms with Gasteiger partial charge in [-0.2, -0.15) is 0 Å². The fourth-order valence-corrected chi connectivity index (χ4v) is 3.32. The molecule has 0 spiro atoms. The van der Waals surface area contributed by atoms with Gasteiger partial charge in [-0.25, -0.2) is 9.59 Å². The van der Waals surface area contributed by atoms with Gasteiger partial charge in [0, 0.05) is 11.4 Å².